The number of carbonyl (C=O) groups is 2. The molecular formula is C17H26N2O6. The Hall–Kier alpha value is -2.19. The van der Waals surface area contributed by atoms with Crippen molar-refractivity contribution in [1.82, 2.24) is 10.3 Å². The minimum absolute atomic E-state index is 0.0532. The van der Waals surface area contributed by atoms with E-state index in [0.29, 0.717) is 0 Å². The van der Waals surface area contributed by atoms with Crippen molar-refractivity contribution in [3.05, 3.63) is 29.6 Å². The Labute approximate surface area is 147 Å². The molecule has 0 aliphatic carbocycles. The molecule has 2 atom stereocenters. The van der Waals surface area contributed by atoms with Crippen molar-refractivity contribution >= 4 is 12.1 Å². The number of esters is 1. The molecule has 0 aromatic carbocycles. The van der Waals surface area contributed by atoms with Gasteiger partial charge >= 0.3 is 12.1 Å². The fourth-order valence-electron chi connectivity index (χ4n) is 1.93. The second-order valence-corrected chi connectivity index (χ2v) is 6.40. The Morgan fingerprint density at radius 3 is 2.56 bits per heavy atom. The summed E-state index contributed by atoms with van der Waals surface area (Å²) in [5.74, 6) is -0.599. The predicted molar refractivity (Wildman–Crippen MR) is 90.0 cm³/mol. The van der Waals surface area contributed by atoms with Crippen molar-refractivity contribution in [3.8, 4) is 0 Å². The molecule has 8 nitrogen and oxygen atoms in total. The Bertz CT molecular complexity index is 585. The van der Waals surface area contributed by atoms with Gasteiger partial charge in [0, 0.05) is 6.54 Å². The van der Waals surface area contributed by atoms with E-state index < -0.39 is 29.9 Å². The maximum Gasteiger partial charge on any atom is 0.407 e. The summed E-state index contributed by atoms with van der Waals surface area (Å²) in [6, 6.07) is 4.51. The van der Waals surface area contributed by atoms with Crippen molar-refractivity contribution in [3.63, 3.8) is 0 Å². The van der Waals surface area contributed by atoms with Crippen LogP contribution >= 0.6 is 0 Å². The predicted octanol–water partition coefficient (Wildman–Crippen LogP) is 1.57. The van der Waals surface area contributed by atoms with Gasteiger partial charge in [-0.25, -0.2) is 14.6 Å². The highest BCUT2D eigenvalue weighted by molar-refractivity contribution is 5.87. The lowest BCUT2D eigenvalue weighted by Crippen LogP contribution is -2.34. The Morgan fingerprint density at radius 2 is 1.96 bits per heavy atom. The van der Waals surface area contributed by atoms with Gasteiger partial charge in [0.15, 0.2) is 0 Å². The fourth-order valence-corrected chi connectivity index (χ4v) is 1.93. The van der Waals surface area contributed by atoms with E-state index >= 15 is 0 Å². The van der Waals surface area contributed by atoms with E-state index in [-0.39, 0.29) is 31.0 Å². The van der Waals surface area contributed by atoms with E-state index in [1.54, 1.807) is 33.8 Å². The number of aliphatic hydroxyl groups excluding tert-OH is 2. The SMILES string of the molecule is CCOC(=O)c1cccc(C(O)C(O)CCNC(=O)OC(C)(C)C)n1. The second-order valence-electron chi connectivity index (χ2n) is 6.40. The van der Waals surface area contributed by atoms with Crippen LogP contribution in [-0.4, -0.2) is 52.1 Å². The van der Waals surface area contributed by atoms with Crippen LogP contribution in [0.1, 0.15) is 56.4 Å². The van der Waals surface area contributed by atoms with Crippen LogP contribution in [0.3, 0.4) is 0 Å². The summed E-state index contributed by atoms with van der Waals surface area (Å²) in [5.41, 5.74) is -0.410. The van der Waals surface area contributed by atoms with Crippen molar-refractivity contribution in [2.75, 3.05) is 13.2 Å². The summed E-state index contributed by atoms with van der Waals surface area (Å²) in [5, 5.41) is 22.7. The first-order valence-corrected chi connectivity index (χ1v) is 8.11. The fraction of sp³-hybridized carbons (Fsp3) is 0.588. The van der Waals surface area contributed by atoms with Crippen LogP contribution in [0, 0.1) is 0 Å². The first-order chi connectivity index (χ1) is 11.6. The largest absolute Gasteiger partial charge is 0.461 e. The smallest absolute Gasteiger partial charge is 0.407 e. The van der Waals surface area contributed by atoms with Crippen LogP contribution in [0.2, 0.25) is 0 Å². The third-order valence-corrected chi connectivity index (χ3v) is 3.03. The molecule has 1 aromatic heterocycles. The van der Waals surface area contributed by atoms with E-state index in [1.807, 2.05) is 0 Å². The molecule has 1 amide bonds. The van der Waals surface area contributed by atoms with Crippen molar-refractivity contribution in [1.29, 1.82) is 0 Å². The first kappa shape index (κ1) is 20.9. The number of amides is 1. The average Bonchev–Trinajstić information content (AvgIpc) is 2.52. The quantitative estimate of drug-likeness (QED) is 0.636. The van der Waals surface area contributed by atoms with Gasteiger partial charge in [-0.15, -0.1) is 0 Å². The highest BCUT2D eigenvalue weighted by Gasteiger charge is 2.22. The number of hydrogen-bond donors (Lipinski definition) is 3. The summed E-state index contributed by atoms with van der Waals surface area (Å²) in [6.07, 6.45) is -2.97. The number of pyridine rings is 1. The second kappa shape index (κ2) is 9.33. The van der Waals surface area contributed by atoms with Crippen LogP contribution < -0.4 is 5.32 Å². The molecule has 0 bridgehead atoms. The number of alkyl carbamates (subject to hydrolysis) is 1. The van der Waals surface area contributed by atoms with Crippen molar-refractivity contribution in [2.45, 2.75) is 51.9 Å². The van der Waals surface area contributed by atoms with E-state index in [2.05, 4.69) is 10.3 Å². The van der Waals surface area contributed by atoms with E-state index in [0.717, 1.165) is 0 Å². The van der Waals surface area contributed by atoms with Crippen LogP contribution in [0.4, 0.5) is 4.79 Å². The van der Waals surface area contributed by atoms with Crippen LogP contribution in [0.5, 0.6) is 0 Å². The van der Waals surface area contributed by atoms with Crippen molar-refractivity contribution in [2.24, 2.45) is 0 Å². The van der Waals surface area contributed by atoms with Gasteiger partial charge in [-0.1, -0.05) is 6.07 Å². The molecule has 1 aromatic rings. The van der Waals surface area contributed by atoms with Crippen molar-refractivity contribution < 1.29 is 29.3 Å². The summed E-state index contributed by atoms with van der Waals surface area (Å²) >= 11 is 0. The normalized spacial score (nSPS) is 13.7. The van der Waals surface area contributed by atoms with Gasteiger partial charge in [0.2, 0.25) is 0 Å². The zero-order valence-electron chi connectivity index (χ0n) is 15.0. The maximum atomic E-state index is 11.7. The molecule has 25 heavy (non-hydrogen) atoms. The highest BCUT2D eigenvalue weighted by Crippen LogP contribution is 2.17. The van der Waals surface area contributed by atoms with Crippen LogP contribution in [-0.2, 0) is 9.47 Å². The number of aromatic nitrogens is 1. The number of ether oxygens (including phenoxy) is 2. The van der Waals surface area contributed by atoms with Crippen LogP contribution in [0.25, 0.3) is 0 Å². The lowest BCUT2D eigenvalue weighted by molar-refractivity contribution is 0.00964. The average molecular weight is 354 g/mol. The molecule has 2 unspecified atom stereocenters. The zero-order chi connectivity index (χ0) is 19.0. The third-order valence-electron chi connectivity index (χ3n) is 3.03. The summed E-state index contributed by atoms with van der Waals surface area (Å²) in [7, 11) is 0. The summed E-state index contributed by atoms with van der Waals surface area (Å²) in [4.78, 5) is 27.2. The molecule has 0 spiro atoms. The molecule has 0 fully saturated rings. The summed E-state index contributed by atoms with van der Waals surface area (Å²) < 4.78 is 9.92. The van der Waals surface area contributed by atoms with E-state index in [1.165, 1.54) is 12.1 Å². The lowest BCUT2D eigenvalue weighted by Gasteiger charge is -2.21. The van der Waals surface area contributed by atoms with E-state index in [9.17, 15) is 19.8 Å². The van der Waals surface area contributed by atoms with E-state index in [4.69, 9.17) is 9.47 Å². The molecular weight excluding hydrogens is 328 g/mol. The Morgan fingerprint density at radius 1 is 1.28 bits per heavy atom. The standard InChI is InChI=1S/C17H26N2O6/c1-5-24-15(22)12-8-6-7-11(19-12)14(21)13(20)9-10-18-16(23)25-17(2,3)4/h6-8,13-14,20-21H,5,9-10H2,1-4H3,(H,18,23). The van der Waals surface area contributed by atoms with Gasteiger partial charge in [-0.3, -0.25) is 0 Å². The monoisotopic (exact) mass is 354 g/mol. The van der Waals surface area contributed by atoms with Gasteiger partial charge in [0.05, 0.1) is 18.4 Å². The maximum absolute atomic E-state index is 11.7. The lowest BCUT2D eigenvalue weighted by atomic mass is 10.1. The van der Waals surface area contributed by atoms with Gasteiger partial charge in [0.1, 0.15) is 17.4 Å². The molecule has 1 rings (SSSR count). The number of aliphatic hydroxyl groups is 2. The van der Waals surface area contributed by atoms with Gasteiger partial charge in [-0.05, 0) is 46.2 Å². The number of nitrogens with zero attached hydrogens (tertiary/aromatic N) is 1. The van der Waals surface area contributed by atoms with Gasteiger partial charge in [-0.2, -0.15) is 0 Å². The molecule has 0 saturated heterocycles. The number of nitrogens with one attached hydrogen (secondary N) is 1. The molecule has 0 radical (unpaired) electrons. The minimum Gasteiger partial charge on any atom is -0.461 e. The molecule has 0 aliphatic heterocycles. The third kappa shape index (κ3) is 7.49. The summed E-state index contributed by atoms with van der Waals surface area (Å²) in [6.45, 7) is 7.24. The molecule has 140 valence electrons. The molecule has 0 aliphatic rings. The number of hydrogen-bond acceptors (Lipinski definition) is 7. The molecule has 3 N–H and O–H groups in total. The Balaban J connectivity index is 2.56. The number of carbonyl (C=O) groups excluding carboxylic acids is 2. The minimum atomic E-state index is -1.30. The zero-order valence-corrected chi connectivity index (χ0v) is 15.0. The highest BCUT2D eigenvalue weighted by atomic mass is 16.6. The molecule has 1 heterocycles. The Kier molecular flexibility index (Phi) is 7.79. The topological polar surface area (TPSA) is 118 Å². The molecule has 0 saturated carbocycles. The van der Waals surface area contributed by atoms with Gasteiger partial charge < -0.3 is 25.0 Å². The number of rotatable bonds is 7. The first-order valence-electron chi connectivity index (χ1n) is 8.11. The van der Waals surface area contributed by atoms with Crippen LogP contribution in [0.15, 0.2) is 18.2 Å². The molecule has 8 heteroatoms. The van der Waals surface area contributed by atoms with Gasteiger partial charge in [0.25, 0.3) is 0 Å².